The minimum absolute atomic E-state index is 0.135. The van der Waals surface area contributed by atoms with Gasteiger partial charge in [-0.1, -0.05) is 37.3 Å². The molecule has 1 amide bonds. The Bertz CT molecular complexity index is 606. The van der Waals surface area contributed by atoms with Crippen LogP contribution in [-0.2, 0) is 24.9 Å². The molecule has 0 aliphatic heterocycles. The second-order valence-electron chi connectivity index (χ2n) is 6.04. The molecule has 0 aliphatic rings. The maximum atomic E-state index is 12.7. The fourth-order valence-corrected chi connectivity index (χ4v) is 2.41. The molecule has 1 atom stereocenters. The maximum absolute atomic E-state index is 12.7. The van der Waals surface area contributed by atoms with Crippen molar-refractivity contribution in [2.45, 2.75) is 39.4 Å². The van der Waals surface area contributed by atoms with Gasteiger partial charge >= 0.3 is 0 Å². The monoisotopic (exact) mass is 313 g/mol. The Morgan fingerprint density at radius 2 is 1.91 bits per heavy atom. The molecule has 0 spiro atoms. The van der Waals surface area contributed by atoms with E-state index in [9.17, 15) is 4.79 Å². The van der Waals surface area contributed by atoms with Crippen LogP contribution in [0.3, 0.4) is 0 Å². The lowest BCUT2D eigenvalue weighted by Gasteiger charge is -2.24. The molecule has 1 N–H and O–H groups in total. The largest absolute Gasteiger partial charge is 0.353 e. The van der Waals surface area contributed by atoms with E-state index in [2.05, 4.69) is 41.9 Å². The molecule has 2 aromatic rings. The van der Waals surface area contributed by atoms with E-state index in [1.54, 1.807) is 0 Å². The number of carbonyl (C=O) groups is 1. The molecule has 4 heteroatoms. The van der Waals surface area contributed by atoms with Crippen molar-refractivity contribution in [3.05, 3.63) is 59.9 Å². The van der Waals surface area contributed by atoms with Gasteiger partial charge in [0.2, 0.25) is 5.91 Å². The third-order valence-corrected chi connectivity index (χ3v) is 4.19. The third-order valence-electron chi connectivity index (χ3n) is 4.19. The first-order valence-corrected chi connectivity index (χ1v) is 8.25. The van der Waals surface area contributed by atoms with Crippen LogP contribution in [0.25, 0.3) is 0 Å². The zero-order chi connectivity index (χ0) is 16.7. The summed E-state index contributed by atoms with van der Waals surface area (Å²) >= 11 is 0. The minimum atomic E-state index is 0.135. The van der Waals surface area contributed by atoms with Crippen LogP contribution in [0.1, 0.15) is 31.5 Å². The maximum Gasteiger partial charge on any atom is 0.237 e. The van der Waals surface area contributed by atoms with Gasteiger partial charge in [-0.3, -0.25) is 4.79 Å². The number of hydrogen-bond donors (Lipinski definition) is 1. The predicted octanol–water partition coefficient (Wildman–Crippen LogP) is 2.94. The van der Waals surface area contributed by atoms with E-state index in [0.29, 0.717) is 25.7 Å². The highest BCUT2D eigenvalue weighted by molar-refractivity contribution is 5.78. The van der Waals surface area contributed by atoms with Crippen LogP contribution >= 0.6 is 0 Å². The molecule has 4 nitrogen and oxygen atoms in total. The lowest BCUT2D eigenvalue weighted by atomic mass is 10.2. The van der Waals surface area contributed by atoms with Gasteiger partial charge in [-0.15, -0.1) is 0 Å². The van der Waals surface area contributed by atoms with Crippen LogP contribution in [0.5, 0.6) is 0 Å². The number of carbonyl (C=O) groups excluding carboxylic acids is 1. The van der Waals surface area contributed by atoms with E-state index in [0.717, 1.165) is 17.7 Å². The Labute approximate surface area is 139 Å². The fraction of sp³-hybridized carbons (Fsp3) is 0.421. The quantitative estimate of drug-likeness (QED) is 0.813. The van der Waals surface area contributed by atoms with Crippen LogP contribution < -0.4 is 5.32 Å². The average Bonchev–Trinajstić information content (AvgIpc) is 2.97. The summed E-state index contributed by atoms with van der Waals surface area (Å²) in [6.07, 6.45) is 3.03. The van der Waals surface area contributed by atoms with E-state index >= 15 is 0 Å². The third kappa shape index (κ3) is 5.25. The summed E-state index contributed by atoms with van der Waals surface area (Å²) in [5.41, 5.74) is 2.29. The lowest BCUT2D eigenvalue weighted by molar-refractivity contribution is -0.131. The first-order valence-electron chi connectivity index (χ1n) is 8.25. The molecule has 1 heterocycles. The number of benzene rings is 1. The summed E-state index contributed by atoms with van der Waals surface area (Å²) in [6.45, 7) is 5.86. The van der Waals surface area contributed by atoms with Crippen molar-refractivity contribution in [2.24, 2.45) is 7.05 Å². The normalized spacial score (nSPS) is 12.1. The highest BCUT2D eigenvalue weighted by atomic mass is 16.2. The van der Waals surface area contributed by atoms with Gasteiger partial charge in [-0.2, -0.15) is 0 Å². The number of nitrogens with zero attached hydrogens (tertiary/aromatic N) is 2. The molecule has 0 fully saturated rings. The Balaban J connectivity index is 2.07. The second kappa shape index (κ2) is 8.53. The van der Waals surface area contributed by atoms with E-state index in [1.165, 1.54) is 0 Å². The van der Waals surface area contributed by atoms with Gasteiger partial charge in [0.15, 0.2) is 0 Å². The van der Waals surface area contributed by atoms with Gasteiger partial charge in [0, 0.05) is 31.5 Å². The molecule has 0 aliphatic carbocycles. The van der Waals surface area contributed by atoms with Gasteiger partial charge in [0.05, 0.1) is 13.1 Å². The van der Waals surface area contributed by atoms with E-state index < -0.39 is 0 Å². The highest BCUT2D eigenvalue weighted by Crippen LogP contribution is 2.10. The van der Waals surface area contributed by atoms with Crippen LogP contribution in [0.15, 0.2) is 48.7 Å². The van der Waals surface area contributed by atoms with E-state index in [-0.39, 0.29) is 5.91 Å². The number of aryl methyl sites for hydroxylation is 1. The molecule has 1 aromatic carbocycles. The minimum Gasteiger partial charge on any atom is -0.353 e. The summed E-state index contributed by atoms with van der Waals surface area (Å²) in [5.74, 6) is 0.135. The number of nitrogens with one attached hydrogen (secondary N) is 1. The molecule has 2 rings (SSSR count). The smallest absolute Gasteiger partial charge is 0.237 e. The molecule has 1 unspecified atom stereocenters. The fourth-order valence-electron chi connectivity index (χ4n) is 2.41. The van der Waals surface area contributed by atoms with E-state index in [4.69, 9.17) is 0 Å². The molecule has 0 bridgehead atoms. The molecule has 124 valence electrons. The second-order valence-corrected chi connectivity index (χ2v) is 6.04. The summed E-state index contributed by atoms with van der Waals surface area (Å²) in [6, 6.07) is 14.6. The lowest BCUT2D eigenvalue weighted by Crippen LogP contribution is -2.40. The predicted molar refractivity (Wildman–Crippen MR) is 93.9 cm³/mol. The Morgan fingerprint density at radius 1 is 1.17 bits per heavy atom. The molecule has 0 radical (unpaired) electrons. The van der Waals surface area contributed by atoms with Gasteiger partial charge in [0.1, 0.15) is 0 Å². The summed E-state index contributed by atoms with van der Waals surface area (Å²) in [4.78, 5) is 14.6. The summed E-state index contributed by atoms with van der Waals surface area (Å²) in [5, 5.41) is 3.29. The van der Waals surface area contributed by atoms with Crippen LogP contribution in [0, 0.1) is 0 Å². The summed E-state index contributed by atoms with van der Waals surface area (Å²) in [7, 11) is 2.01. The average molecular weight is 313 g/mol. The van der Waals surface area contributed by atoms with Crippen molar-refractivity contribution in [2.75, 3.05) is 6.54 Å². The van der Waals surface area contributed by atoms with Crippen molar-refractivity contribution >= 4 is 5.91 Å². The topological polar surface area (TPSA) is 37.3 Å². The van der Waals surface area contributed by atoms with Crippen LogP contribution in [-0.4, -0.2) is 28.0 Å². The first kappa shape index (κ1) is 17.3. The van der Waals surface area contributed by atoms with E-state index in [1.807, 2.05) is 42.4 Å². The van der Waals surface area contributed by atoms with Crippen molar-refractivity contribution in [1.29, 1.82) is 0 Å². The molecule has 1 aromatic heterocycles. The van der Waals surface area contributed by atoms with Gasteiger partial charge < -0.3 is 14.8 Å². The van der Waals surface area contributed by atoms with Crippen molar-refractivity contribution in [3.8, 4) is 0 Å². The number of amides is 1. The van der Waals surface area contributed by atoms with Gasteiger partial charge in [0.25, 0.3) is 0 Å². The molecule has 0 saturated heterocycles. The number of rotatable bonds is 8. The number of aromatic nitrogens is 1. The Hall–Kier alpha value is -2.07. The molecule has 0 saturated carbocycles. The molecule has 23 heavy (non-hydrogen) atoms. The van der Waals surface area contributed by atoms with Crippen LogP contribution in [0.4, 0.5) is 0 Å². The van der Waals surface area contributed by atoms with Gasteiger partial charge in [-0.05, 0) is 31.0 Å². The highest BCUT2D eigenvalue weighted by Gasteiger charge is 2.16. The van der Waals surface area contributed by atoms with Crippen molar-refractivity contribution in [3.63, 3.8) is 0 Å². The zero-order valence-electron chi connectivity index (χ0n) is 14.3. The van der Waals surface area contributed by atoms with Crippen LogP contribution in [0.2, 0.25) is 0 Å². The standard InChI is InChI=1S/C19H27N3O/c1-4-16(2)20-13-19(23)22(14-17-9-6-5-7-10-17)15-18-11-8-12-21(18)3/h5-12,16,20H,4,13-15H2,1-3H3. The van der Waals surface area contributed by atoms with Crippen molar-refractivity contribution < 1.29 is 4.79 Å². The SMILES string of the molecule is CCC(C)NCC(=O)N(Cc1ccccc1)Cc1cccn1C. The first-order chi connectivity index (χ1) is 11.1. The Kier molecular flexibility index (Phi) is 6.41. The Morgan fingerprint density at radius 3 is 2.52 bits per heavy atom. The molecular weight excluding hydrogens is 286 g/mol. The van der Waals surface area contributed by atoms with Gasteiger partial charge in [-0.25, -0.2) is 0 Å². The van der Waals surface area contributed by atoms with Crippen molar-refractivity contribution in [1.82, 2.24) is 14.8 Å². The number of hydrogen-bond acceptors (Lipinski definition) is 2. The molecular formula is C19H27N3O. The zero-order valence-corrected chi connectivity index (χ0v) is 14.3. The summed E-state index contributed by atoms with van der Waals surface area (Å²) < 4.78 is 2.06.